The average molecular weight is 800 g/mol. The highest BCUT2D eigenvalue weighted by atomic mass is 16.6. The highest BCUT2D eigenvalue weighted by molar-refractivity contribution is 5.99. The number of carbonyl (C=O) groups excluding carboxylic acids is 6. The maximum absolute atomic E-state index is 13.8. The molecule has 2 aromatic carbocycles. The Kier molecular flexibility index (Phi) is 15.7. The van der Waals surface area contributed by atoms with Gasteiger partial charge in [-0.2, -0.15) is 0 Å². The van der Waals surface area contributed by atoms with Crippen molar-refractivity contribution in [2.45, 2.75) is 83.0 Å². The van der Waals surface area contributed by atoms with E-state index >= 15 is 0 Å². The van der Waals surface area contributed by atoms with E-state index in [0.29, 0.717) is 11.1 Å². The molecule has 0 aromatic heterocycles. The number of hydrogen-bond donors (Lipinski definition) is 7. The van der Waals surface area contributed by atoms with Crippen molar-refractivity contribution in [1.29, 1.82) is 0 Å². The molecule has 21 nitrogen and oxygen atoms in total. The van der Waals surface area contributed by atoms with Crippen LogP contribution in [0.1, 0.15) is 65.6 Å². The van der Waals surface area contributed by atoms with Gasteiger partial charge in [-0.3, -0.25) is 48.5 Å². The highest BCUT2D eigenvalue weighted by Gasteiger charge is 2.40. The van der Waals surface area contributed by atoms with Gasteiger partial charge in [-0.25, -0.2) is 4.79 Å². The molecule has 1 heterocycles. The second kappa shape index (κ2) is 20.1. The minimum Gasteiger partial charge on any atom is -0.502 e. The third-order valence-electron chi connectivity index (χ3n) is 8.85. The number of likely N-dealkylation sites (tertiary alicyclic amines) is 1. The van der Waals surface area contributed by atoms with Crippen molar-refractivity contribution in [3.63, 3.8) is 0 Å². The minimum atomic E-state index is -1.84. The van der Waals surface area contributed by atoms with Crippen LogP contribution >= 0.6 is 0 Å². The molecule has 0 spiro atoms. The molecule has 1 aliphatic rings. The van der Waals surface area contributed by atoms with Crippen molar-refractivity contribution < 1.29 is 73.2 Å². The van der Waals surface area contributed by atoms with E-state index in [9.17, 15) is 73.7 Å². The van der Waals surface area contributed by atoms with Crippen LogP contribution in [0.25, 0.3) is 0 Å². The number of nitro benzene ring substituents is 1. The van der Waals surface area contributed by atoms with Gasteiger partial charge in [-0.1, -0.05) is 24.3 Å². The first-order valence-electron chi connectivity index (χ1n) is 17.4. The van der Waals surface area contributed by atoms with Crippen LogP contribution in [0.15, 0.2) is 36.4 Å². The van der Waals surface area contributed by atoms with Crippen LogP contribution in [0.4, 0.5) is 5.69 Å². The van der Waals surface area contributed by atoms with Crippen LogP contribution in [0, 0.1) is 24.0 Å². The van der Waals surface area contributed by atoms with Crippen LogP contribution < -0.4 is 16.0 Å². The molecule has 2 aromatic rings. The fraction of sp³-hybridized carbons (Fsp3) is 0.417. The molecule has 21 heteroatoms. The lowest BCUT2D eigenvalue weighted by atomic mass is 10.0. The maximum Gasteiger partial charge on any atom is 0.339 e. The van der Waals surface area contributed by atoms with Crippen molar-refractivity contribution in [2.75, 3.05) is 13.2 Å². The zero-order valence-corrected chi connectivity index (χ0v) is 30.7. The number of carbonyl (C=O) groups is 9. The number of aromatic hydroxyl groups is 1. The number of nitrogens with zero attached hydrogens (tertiary/aromatic N) is 2. The molecule has 1 aliphatic heterocycles. The van der Waals surface area contributed by atoms with Gasteiger partial charge in [0.15, 0.2) is 18.1 Å². The first-order valence-corrected chi connectivity index (χ1v) is 17.4. The molecule has 4 amide bonds. The number of phenolic OH excluding ortho intramolecular Hbond substituents is 1. The summed E-state index contributed by atoms with van der Waals surface area (Å²) in [5.74, 6) is -11.1. The average Bonchev–Trinajstić information content (AvgIpc) is 3.62. The molecule has 57 heavy (non-hydrogen) atoms. The number of hydrogen-bond acceptors (Lipinski definition) is 13. The lowest BCUT2D eigenvalue weighted by Gasteiger charge is -2.30. The second-order valence-electron chi connectivity index (χ2n) is 13.1. The molecular weight excluding hydrogens is 758 g/mol. The summed E-state index contributed by atoms with van der Waals surface area (Å²) in [5.41, 5.74) is 0.633. The van der Waals surface area contributed by atoms with Crippen LogP contribution in [0.3, 0.4) is 0 Å². The van der Waals surface area contributed by atoms with Gasteiger partial charge in [0.05, 0.1) is 29.7 Å². The third-order valence-corrected chi connectivity index (χ3v) is 8.85. The van der Waals surface area contributed by atoms with Crippen LogP contribution in [-0.2, 0) is 49.5 Å². The van der Waals surface area contributed by atoms with Gasteiger partial charge in [0.2, 0.25) is 23.6 Å². The Labute approximate surface area is 323 Å². The summed E-state index contributed by atoms with van der Waals surface area (Å²) < 4.78 is 5.13. The number of carboxylic acids is 3. The lowest BCUT2D eigenvalue weighted by molar-refractivity contribution is -0.385. The van der Waals surface area contributed by atoms with E-state index < -0.39 is 133 Å². The first-order chi connectivity index (χ1) is 26.8. The molecule has 7 N–H and O–H groups in total. The van der Waals surface area contributed by atoms with E-state index in [0.717, 1.165) is 17.0 Å². The van der Waals surface area contributed by atoms with Crippen molar-refractivity contribution in [3.05, 3.63) is 68.8 Å². The zero-order valence-electron chi connectivity index (χ0n) is 30.7. The van der Waals surface area contributed by atoms with Crippen molar-refractivity contribution in [3.8, 4) is 5.75 Å². The SMILES string of the molecule is Cc1cccc(C)c1C(=O)OCC(=O)[C@H](CC(=O)O)NC(=O)C1CCCN1C(=O)[C@@H](CCC(=O)O)NC(=O)[C@H](CC(=O)O)NC(=O)Cc1ccc(O)c([N+](=O)[O-])c1. The number of amides is 4. The van der Waals surface area contributed by atoms with E-state index in [1.54, 1.807) is 32.0 Å². The van der Waals surface area contributed by atoms with Crippen molar-refractivity contribution in [2.24, 2.45) is 0 Å². The third kappa shape index (κ3) is 12.8. The predicted octanol–water partition coefficient (Wildman–Crippen LogP) is 0.145. The van der Waals surface area contributed by atoms with Crippen LogP contribution in [0.5, 0.6) is 5.75 Å². The van der Waals surface area contributed by atoms with Crippen molar-refractivity contribution in [1.82, 2.24) is 20.9 Å². The highest BCUT2D eigenvalue weighted by Crippen LogP contribution is 2.26. The van der Waals surface area contributed by atoms with E-state index in [1.165, 1.54) is 6.07 Å². The topological polar surface area (TPSA) is 326 Å². The Morgan fingerprint density at radius 2 is 1.51 bits per heavy atom. The standard InChI is InChI=1S/C36H41N5O16/c1-18-5-3-6-19(2)32(18)36(54)57-17-27(43)22(15-30(47)48)39-34(52)24-7-4-12-40(24)35(53)21(9-11-29(45)46)38-33(51)23(16-31(49)50)37-28(44)14-20-8-10-26(42)25(13-20)41(55)56/h3,5-6,8,10,13,21-24,42H,4,7,9,11-12,14-17H2,1-2H3,(H,37,44)(H,38,51)(H,39,52)(H,45,46)(H,47,48)(H,49,50)/t21-,22+,23+,24?/m1/s1. The number of ketones is 1. The monoisotopic (exact) mass is 799 g/mol. The Balaban J connectivity index is 1.76. The first kappa shape index (κ1) is 44.5. The summed E-state index contributed by atoms with van der Waals surface area (Å²) in [6, 6.07) is 1.48. The quantitative estimate of drug-likeness (QED) is 0.0532. The second-order valence-corrected chi connectivity index (χ2v) is 13.1. The smallest absolute Gasteiger partial charge is 0.339 e. The van der Waals surface area contributed by atoms with Gasteiger partial charge in [-0.15, -0.1) is 0 Å². The van der Waals surface area contributed by atoms with Gasteiger partial charge >= 0.3 is 29.6 Å². The number of esters is 1. The normalized spacial score (nSPS) is 15.0. The molecule has 0 aliphatic carbocycles. The number of aryl methyl sites for hydroxylation is 2. The van der Waals surface area contributed by atoms with E-state index in [1.807, 2.05) is 0 Å². The van der Waals surface area contributed by atoms with Gasteiger partial charge in [0.25, 0.3) is 0 Å². The summed E-state index contributed by atoms with van der Waals surface area (Å²) in [7, 11) is 0. The summed E-state index contributed by atoms with van der Waals surface area (Å²) in [6.07, 6.45) is -3.56. The number of nitro groups is 1. The zero-order chi connectivity index (χ0) is 42.6. The molecule has 1 saturated heterocycles. The Bertz CT molecular complexity index is 1930. The lowest BCUT2D eigenvalue weighted by Crippen LogP contribution is -2.58. The number of rotatable bonds is 20. The van der Waals surface area contributed by atoms with Crippen LogP contribution in [0.2, 0.25) is 0 Å². The van der Waals surface area contributed by atoms with Gasteiger partial charge in [0, 0.05) is 19.0 Å². The molecular formula is C36H41N5O16. The largest absolute Gasteiger partial charge is 0.502 e. The van der Waals surface area contributed by atoms with E-state index in [2.05, 4.69) is 16.0 Å². The van der Waals surface area contributed by atoms with Gasteiger partial charge in [-0.05, 0) is 55.9 Å². The number of phenols is 1. The maximum atomic E-state index is 13.8. The molecule has 0 radical (unpaired) electrons. The fourth-order valence-electron chi connectivity index (χ4n) is 6.07. The molecule has 3 rings (SSSR count). The Morgan fingerprint density at radius 1 is 0.877 bits per heavy atom. The molecule has 0 saturated carbocycles. The van der Waals surface area contributed by atoms with Crippen LogP contribution in [-0.4, -0.2) is 121 Å². The van der Waals surface area contributed by atoms with E-state index in [-0.39, 0.29) is 30.5 Å². The minimum absolute atomic E-state index is 0.000181. The summed E-state index contributed by atoms with van der Waals surface area (Å²) in [4.78, 5) is 125. The summed E-state index contributed by atoms with van der Waals surface area (Å²) in [6.45, 7) is 2.30. The van der Waals surface area contributed by atoms with E-state index in [4.69, 9.17) is 4.74 Å². The number of carboxylic acid groups (broad SMARTS) is 3. The fourth-order valence-corrected chi connectivity index (χ4v) is 6.07. The molecule has 1 unspecified atom stereocenters. The molecule has 1 fully saturated rings. The Hall–Kier alpha value is -6.93. The number of ether oxygens (including phenoxy) is 1. The number of Topliss-reactive ketones (excluding diaryl/α,β-unsaturated/α-hetero) is 1. The van der Waals surface area contributed by atoms with Crippen molar-refractivity contribution >= 4 is 59.0 Å². The number of benzene rings is 2. The summed E-state index contributed by atoms with van der Waals surface area (Å²) >= 11 is 0. The van der Waals surface area contributed by atoms with Gasteiger partial charge < -0.3 is 46.0 Å². The molecule has 4 atom stereocenters. The molecule has 0 bridgehead atoms. The predicted molar refractivity (Wildman–Crippen MR) is 192 cm³/mol. The Morgan fingerprint density at radius 3 is 2.11 bits per heavy atom. The number of aliphatic carboxylic acids is 3. The molecule has 306 valence electrons. The summed E-state index contributed by atoms with van der Waals surface area (Å²) in [5, 5.41) is 55.7. The number of nitrogens with one attached hydrogen (secondary N) is 3. The van der Waals surface area contributed by atoms with Gasteiger partial charge in [0.1, 0.15) is 24.2 Å².